The molecule has 0 aliphatic rings. The highest BCUT2D eigenvalue weighted by Crippen LogP contribution is 2.36. The topological polar surface area (TPSA) is 51.5 Å². The second-order valence-corrected chi connectivity index (χ2v) is 6.46. The van der Waals surface area contributed by atoms with E-state index < -0.39 is 0 Å². The molecule has 0 atom stereocenters. The smallest absolute Gasteiger partial charge is 0.248 e. The molecule has 0 fully saturated rings. The molecule has 2 heterocycles. The largest absolute Gasteiger partial charge is 0.495 e. The van der Waals surface area contributed by atoms with E-state index in [1.54, 1.807) is 30.6 Å². The summed E-state index contributed by atoms with van der Waals surface area (Å²) < 4.78 is 11.3. The van der Waals surface area contributed by atoms with E-state index in [0.717, 1.165) is 21.2 Å². The Kier molecular flexibility index (Phi) is 3.99. The second kappa shape index (κ2) is 6.45. The van der Waals surface area contributed by atoms with E-state index in [0.29, 0.717) is 17.0 Å². The molecule has 4 rings (SSSR count). The molecule has 0 bridgehead atoms. The van der Waals surface area contributed by atoms with Crippen LogP contribution in [0.5, 0.6) is 5.75 Å². The number of methoxy groups -OCH3 is 1. The minimum absolute atomic E-state index is 0.220. The van der Waals surface area contributed by atoms with Gasteiger partial charge in [-0.25, -0.2) is 0 Å². The van der Waals surface area contributed by atoms with Crippen LogP contribution in [-0.4, -0.2) is 13.0 Å². The Bertz CT molecular complexity index is 1080. The molecule has 1 N–H and O–H groups in total. The quantitative estimate of drug-likeness (QED) is 0.508. The van der Waals surface area contributed by atoms with Crippen LogP contribution in [0.1, 0.15) is 4.88 Å². The summed E-state index contributed by atoms with van der Waals surface area (Å²) in [5.74, 6) is 0.374. The molecule has 2 aromatic heterocycles. The lowest BCUT2D eigenvalue weighted by Gasteiger charge is -2.08. The molecule has 124 valence electrons. The van der Waals surface area contributed by atoms with Crippen molar-refractivity contribution in [3.05, 3.63) is 64.9 Å². The zero-order valence-corrected chi connectivity index (χ0v) is 14.3. The number of hydrogen-bond donors (Lipinski definition) is 1. The Morgan fingerprint density at radius 2 is 2.00 bits per heavy atom. The lowest BCUT2D eigenvalue weighted by Crippen LogP contribution is -2.08. The Hall–Kier alpha value is -3.05. The lowest BCUT2D eigenvalue weighted by molar-refractivity contribution is -0.111. The molecule has 0 saturated carbocycles. The molecule has 0 unspecified atom stereocenters. The predicted molar refractivity (Wildman–Crippen MR) is 102 cm³/mol. The van der Waals surface area contributed by atoms with E-state index in [1.807, 2.05) is 47.8 Å². The van der Waals surface area contributed by atoms with Gasteiger partial charge in [0.2, 0.25) is 5.91 Å². The van der Waals surface area contributed by atoms with Gasteiger partial charge in [-0.05, 0) is 29.7 Å². The summed E-state index contributed by atoms with van der Waals surface area (Å²) in [6.45, 7) is 0. The molecular formula is C20H15NO3S. The maximum atomic E-state index is 12.2. The molecule has 4 nitrogen and oxygen atoms in total. The number of anilines is 1. The number of para-hydroxylation sites is 1. The number of amides is 1. The van der Waals surface area contributed by atoms with Gasteiger partial charge >= 0.3 is 0 Å². The second-order valence-electron chi connectivity index (χ2n) is 5.48. The molecular weight excluding hydrogens is 334 g/mol. The van der Waals surface area contributed by atoms with Crippen LogP contribution < -0.4 is 10.1 Å². The summed E-state index contributed by atoms with van der Waals surface area (Å²) >= 11 is 1.58. The first kappa shape index (κ1) is 15.5. The first-order valence-corrected chi connectivity index (χ1v) is 8.64. The SMILES string of the molecule is COc1cc2c(cc1NC(=O)/C=C\c1cccs1)oc1ccccc12. The Morgan fingerprint density at radius 1 is 1.12 bits per heavy atom. The van der Waals surface area contributed by atoms with E-state index in [2.05, 4.69) is 5.32 Å². The third-order valence-corrected chi connectivity index (χ3v) is 4.74. The van der Waals surface area contributed by atoms with Gasteiger partial charge in [0, 0.05) is 27.8 Å². The van der Waals surface area contributed by atoms with Gasteiger partial charge < -0.3 is 14.5 Å². The van der Waals surface area contributed by atoms with E-state index in [9.17, 15) is 4.79 Å². The number of rotatable bonds is 4. The summed E-state index contributed by atoms with van der Waals surface area (Å²) in [5.41, 5.74) is 2.09. The highest BCUT2D eigenvalue weighted by molar-refractivity contribution is 7.10. The van der Waals surface area contributed by atoms with Crippen molar-refractivity contribution in [3.63, 3.8) is 0 Å². The normalized spacial score (nSPS) is 11.4. The lowest BCUT2D eigenvalue weighted by atomic mass is 10.1. The molecule has 0 aliphatic carbocycles. The van der Waals surface area contributed by atoms with Gasteiger partial charge in [0.05, 0.1) is 12.8 Å². The van der Waals surface area contributed by atoms with Crippen molar-refractivity contribution in [2.45, 2.75) is 0 Å². The van der Waals surface area contributed by atoms with Crippen LogP contribution in [0.15, 0.2) is 64.4 Å². The summed E-state index contributed by atoms with van der Waals surface area (Å²) in [6.07, 6.45) is 3.29. The molecule has 0 saturated heterocycles. The van der Waals surface area contributed by atoms with Gasteiger partial charge in [0.15, 0.2) is 0 Å². The molecule has 0 radical (unpaired) electrons. The number of nitrogens with one attached hydrogen (secondary N) is 1. The molecule has 0 aliphatic heterocycles. The van der Waals surface area contributed by atoms with Gasteiger partial charge in [-0.1, -0.05) is 24.3 Å². The summed E-state index contributed by atoms with van der Waals surface area (Å²) in [4.78, 5) is 13.2. The van der Waals surface area contributed by atoms with Crippen molar-refractivity contribution in [1.29, 1.82) is 0 Å². The fourth-order valence-corrected chi connectivity index (χ4v) is 3.35. The fourth-order valence-electron chi connectivity index (χ4n) is 2.74. The van der Waals surface area contributed by atoms with Gasteiger partial charge in [0.1, 0.15) is 16.9 Å². The number of carbonyl (C=O) groups excluding carboxylic acids is 1. The van der Waals surface area contributed by atoms with Crippen LogP contribution in [0.4, 0.5) is 5.69 Å². The first-order valence-electron chi connectivity index (χ1n) is 7.76. The number of ether oxygens (including phenoxy) is 1. The van der Waals surface area contributed by atoms with E-state index >= 15 is 0 Å². The average molecular weight is 349 g/mol. The maximum Gasteiger partial charge on any atom is 0.248 e. The predicted octanol–water partition coefficient (Wildman–Crippen LogP) is 5.31. The van der Waals surface area contributed by atoms with Crippen LogP contribution in [0.2, 0.25) is 0 Å². The summed E-state index contributed by atoms with van der Waals surface area (Å²) in [6, 6.07) is 15.4. The number of fused-ring (bicyclic) bond motifs is 3. The summed E-state index contributed by atoms with van der Waals surface area (Å²) in [5, 5.41) is 6.80. The van der Waals surface area contributed by atoms with Crippen molar-refractivity contribution in [2.24, 2.45) is 0 Å². The maximum absolute atomic E-state index is 12.2. The Balaban J connectivity index is 1.68. The van der Waals surface area contributed by atoms with Gasteiger partial charge in [0.25, 0.3) is 0 Å². The zero-order valence-electron chi connectivity index (χ0n) is 13.5. The van der Waals surface area contributed by atoms with Crippen LogP contribution in [0.3, 0.4) is 0 Å². The van der Waals surface area contributed by atoms with Crippen molar-refractivity contribution in [3.8, 4) is 5.75 Å². The Labute approximate surface area is 148 Å². The molecule has 5 heteroatoms. The highest BCUT2D eigenvalue weighted by atomic mass is 32.1. The standard InChI is InChI=1S/C20H15NO3S/c1-23-19-11-15-14-6-2-3-7-17(14)24-18(15)12-16(19)21-20(22)9-8-13-5-4-10-25-13/h2-12H,1H3,(H,21,22)/b9-8-. The van der Waals surface area contributed by atoms with Crippen molar-refractivity contribution < 1.29 is 13.9 Å². The molecule has 25 heavy (non-hydrogen) atoms. The van der Waals surface area contributed by atoms with Gasteiger partial charge in [-0.3, -0.25) is 4.79 Å². The third kappa shape index (κ3) is 3.02. The number of hydrogen-bond acceptors (Lipinski definition) is 4. The van der Waals surface area contributed by atoms with Gasteiger partial charge in [-0.15, -0.1) is 11.3 Å². The third-order valence-electron chi connectivity index (χ3n) is 3.90. The minimum Gasteiger partial charge on any atom is -0.495 e. The highest BCUT2D eigenvalue weighted by Gasteiger charge is 2.13. The zero-order chi connectivity index (χ0) is 17.2. The van der Waals surface area contributed by atoms with Crippen LogP contribution in [0, 0.1) is 0 Å². The van der Waals surface area contributed by atoms with Crippen molar-refractivity contribution in [2.75, 3.05) is 12.4 Å². The van der Waals surface area contributed by atoms with Crippen LogP contribution in [-0.2, 0) is 4.79 Å². The van der Waals surface area contributed by atoms with Gasteiger partial charge in [-0.2, -0.15) is 0 Å². The van der Waals surface area contributed by atoms with E-state index in [1.165, 1.54) is 6.08 Å². The fraction of sp³-hybridized carbons (Fsp3) is 0.0500. The van der Waals surface area contributed by atoms with Crippen molar-refractivity contribution in [1.82, 2.24) is 0 Å². The van der Waals surface area contributed by atoms with E-state index in [-0.39, 0.29) is 5.91 Å². The van der Waals surface area contributed by atoms with Crippen LogP contribution >= 0.6 is 11.3 Å². The molecule has 0 spiro atoms. The Morgan fingerprint density at radius 3 is 2.80 bits per heavy atom. The number of benzene rings is 2. The monoisotopic (exact) mass is 349 g/mol. The molecule has 2 aromatic carbocycles. The number of furan rings is 1. The minimum atomic E-state index is -0.220. The van der Waals surface area contributed by atoms with Crippen molar-refractivity contribution >= 4 is 50.9 Å². The number of carbonyl (C=O) groups is 1. The molecule has 1 amide bonds. The number of thiophene rings is 1. The average Bonchev–Trinajstić information content (AvgIpc) is 3.26. The summed E-state index contributed by atoms with van der Waals surface area (Å²) in [7, 11) is 1.58. The van der Waals surface area contributed by atoms with Crippen LogP contribution in [0.25, 0.3) is 28.0 Å². The molecule has 4 aromatic rings. The first-order chi connectivity index (χ1) is 12.2. The van der Waals surface area contributed by atoms with E-state index in [4.69, 9.17) is 9.15 Å².